The number of piperazine rings is 1. The summed E-state index contributed by atoms with van der Waals surface area (Å²) >= 11 is 7.35. The van der Waals surface area contributed by atoms with E-state index in [2.05, 4.69) is 19.2 Å². The fraction of sp³-hybridized carbons (Fsp3) is 0.400. The maximum atomic E-state index is 13.0. The SMILES string of the molecule is CC(C)CC1CN(C(=O)c2cc(-c3ccc(Cl)cc3)cs2)C(C)C(=O)N1. The molecule has 1 aromatic heterocycles. The van der Waals surface area contributed by atoms with E-state index in [4.69, 9.17) is 11.6 Å². The number of carbonyl (C=O) groups is 2. The van der Waals surface area contributed by atoms with Gasteiger partial charge in [-0.25, -0.2) is 0 Å². The van der Waals surface area contributed by atoms with Gasteiger partial charge in [-0.3, -0.25) is 9.59 Å². The van der Waals surface area contributed by atoms with Crippen LogP contribution in [-0.2, 0) is 4.79 Å². The maximum Gasteiger partial charge on any atom is 0.264 e. The van der Waals surface area contributed by atoms with Crippen LogP contribution in [0.3, 0.4) is 0 Å². The third-order valence-corrected chi connectivity index (χ3v) is 5.79. The van der Waals surface area contributed by atoms with Crippen LogP contribution in [0.25, 0.3) is 11.1 Å². The van der Waals surface area contributed by atoms with E-state index in [0.717, 1.165) is 17.5 Å². The summed E-state index contributed by atoms with van der Waals surface area (Å²) in [6, 6.07) is 9.01. The van der Waals surface area contributed by atoms with Crippen LogP contribution in [0.15, 0.2) is 35.7 Å². The molecule has 26 heavy (non-hydrogen) atoms. The molecule has 1 saturated heterocycles. The van der Waals surface area contributed by atoms with Crippen molar-refractivity contribution in [1.29, 1.82) is 0 Å². The Labute approximate surface area is 163 Å². The largest absolute Gasteiger partial charge is 0.350 e. The summed E-state index contributed by atoms with van der Waals surface area (Å²) in [7, 11) is 0. The standard InChI is InChI=1S/C20H23ClN2O2S/c1-12(2)8-17-10-23(13(3)19(24)22-17)20(25)18-9-15(11-26-18)14-4-6-16(21)7-5-14/h4-7,9,11-13,17H,8,10H2,1-3H3,(H,22,24). The second-order valence-corrected chi connectivity index (χ2v) is 8.52. The van der Waals surface area contributed by atoms with Crippen molar-refractivity contribution in [2.75, 3.05) is 6.54 Å². The monoisotopic (exact) mass is 390 g/mol. The Balaban J connectivity index is 1.79. The van der Waals surface area contributed by atoms with Crippen molar-refractivity contribution in [3.05, 3.63) is 45.6 Å². The number of hydrogen-bond acceptors (Lipinski definition) is 3. The summed E-state index contributed by atoms with van der Waals surface area (Å²) in [6.45, 7) is 6.58. The predicted octanol–water partition coefficient (Wildman–Crippen LogP) is 4.44. The normalized spacial score (nSPS) is 20.3. The van der Waals surface area contributed by atoms with Crippen LogP contribution in [0.1, 0.15) is 36.9 Å². The van der Waals surface area contributed by atoms with Crippen LogP contribution < -0.4 is 5.32 Å². The number of nitrogens with one attached hydrogen (secondary N) is 1. The number of benzene rings is 1. The highest BCUT2D eigenvalue weighted by Crippen LogP contribution is 2.28. The second kappa shape index (κ2) is 7.80. The molecule has 0 saturated carbocycles. The molecule has 2 amide bonds. The zero-order valence-electron chi connectivity index (χ0n) is 15.2. The molecule has 0 radical (unpaired) electrons. The minimum Gasteiger partial charge on any atom is -0.350 e. The summed E-state index contributed by atoms with van der Waals surface area (Å²) in [6.07, 6.45) is 0.864. The van der Waals surface area contributed by atoms with Crippen LogP contribution in [0.4, 0.5) is 0 Å². The topological polar surface area (TPSA) is 49.4 Å². The average molecular weight is 391 g/mol. The minimum absolute atomic E-state index is 0.0124. The van der Waals surface area contributed by atoms with Crippen LogP contribution in [0, 0.1) is 5.92 Å². The molecule has 2 unspecified atom stereocenters. The molecule has 0 spiro atoms. The molecule has 3 rings (SSSR count). The lowest BCUT2D eigenvalue weighted by molar-refractivity contribution is -0.128. The molecule has 4 nitrogen and oxygen atoms in total. The van der Waals surface area contributed by atoms with Crippen LogP contribution in [0.2, 0.25) is 5.02 Å². The highest BCUT2D eigenvalue weighted by Gasteiger charge is 2.35. The van der Waals surface area contributed by atoms with E-state index in [0.29, 0.717) is 22.4 Å². The van der Waals surface area contributed by atoms with Gasteiger partial charge in [0.25, 0.3) is 5.91 Å². The lowest BCUT2D eigenvalue weighted by Gasteiger charge is -2.38. The number of amides is 2. The lowest BCUT2D eigenvalue weighted by atomic mass is 9.99. The number of rotatable bonds is 4. The molecular weight excluding hydrogens is 368 g/mol. The number of carbonyl (C=O) groups excluding carboxylic acids is 2. The van der Waals surface area contributed by atoms with E-state index >= 15 is 0 Å². The molecule has 1 N–H and O–H groups in total. The number of nitrogens with zero attached hydrogens (tertiary/aromatic N) is 1. The van der Waals surface area contributed by atoms with E-state index in [9.17, 15) is 9.59 Å². The van der Waals surface area contributed by atoms with Crippen molar-refractivity contribution in [1.82, 2.24) is 10.2 Å². The van der Waals surface area contributed by atoms with Crippen LogP contribution in [-0.4, -0.2) is 35.3 Å². The highest BCUT2D eigenvalue weighted by molar-refractivity contribution is 7.12. The van der Waals surface area contributed by atoms with Gasteiger partial charge in [-0.15, -0.1) is 11.3 Å². The third-order valence-electron chi connectivity index (χ3n) is 4.61. The van der Waals surface area contributed by atoms with Crippen molar-refractivity contribution in [2.24, 2.45) is 5.92 Å². The Morgan fingerprint density at radius 1 is 1.31 bits per heavy atom. The molecule has 1 aliphatic heterocycles. The van der Waals surface area contributed by atoms with E-state index in [1.54, 1.807) is 11.8 Å². The molecule has 1 fully saturated rings. The fourth-order valence-corrected chi connectivity index (χ4v) is 4.25. The first-order valence-corrected chi connectivity index (χ1v) is 10.1. The Bertz CT molecular complexity index is 800. The van der Waals surface area contributed by atoms with Gasteiger partial charge in [0.05, 0.1) is 4.88 Å². The molecule has 2 aromatic rings. The molecule has 138 valence electrons. The van der Waals surface area contributed by atoms with E-state index in [1.807, 2.05) is 35.7 Å². The van der Waals surface area contributed by atoms with Gasteiger partial charge < -0.3 is 10.2 Å². The van der Waals surface area contributed by atoms with Gasteiger partial charge in [0.1, 0.15) is 6.04 Å². The molecule has 2 heterocycles. The fourth-order valence-electron chi connectivity index (χ4n) is 3.25. The Morgan fingerprint density at radius 3 is 2.65 bits per heavy atom. The van der Waals surface area contributed by atoms with Gasteiger partial charge in [0.2, 0.25) is 5.91 Å². The summed E-state index contributed by atoms with van der Waals surface area (Å²) in [5.41, 5.74) is 2.01. The van der Waals surface area contributed by atoms with E-state index in [1.165, 1.54) is 11.3 Å². The number of hydrogen-bond donors (Lipinski definition) is 1. The minimum atomic E-state index is -0.452. The van der Waals surface area contributed by atoms with Crippen molar-refractivity contribution in [3.8, 4) is 11.1 Å². The molecule has 1 aromatic carbocycles. The molecule has 0 aliphatic carbocycles. The third kappa shape index (κ3) is 4.10. The predicted molar refractivity (Wildman–Crippen MR) is 107 cm³/mol. The summed E-state index contributed by atoms with van der Waals surface area (Å²) in [4.78, 5) is 27.6. The van der Waals surface area contributed by atoms with Gasteiger partial charge in [0.15, 0.2) is 0 Å². The van der Waals surface area contributed by atoms with Gasteiger partial charge in [-0.1, -0.05) is 37.6 Å². The summed E-state index contributed by atoms with van der Waals surface area (Å²) < 4.78 is 0. The zero-order valence-corrected chi connectivity index (χ0v) is 16.7. The summed E-state index contributed by atoms with van der Waals surface area (Å²) in [5.74, 6) is 0.306. The highest BCUT2D eigenvalue weighted by atomic mass is 35.5. The van der Waals surface area contributed by atoms with Gasteiger partial charge in [-0.2, -0.15) is 0 Å². The second-order valence-electron chi connectivity index (χ2n) is 7.18. The van der Waals surface area contributed by atoms with Gasteiger partial charge in [-0.05, 0) is 54.0 Å². The Kier molecular flexibility index (Phi) is 5.68. The van der Waals surface area contributed by atoms with E-state index in [-0.39, 0.29) is 17.9 Å². The zero-order chi connectivity index (χ0) is 18.8. The van der Waals surface area contributed by atoms with Gasteiger partial charge >= 0.3 is 0 Å². The molecular formula is C20H23ClN2O2S. The molecule has 0 bridgehead atoms. The maximum absolute atomic E-state index is 13.0. The first-order valence-electron chi connectivity index (χ1n) is 8.81. The first-order chi connectivity index (χ1) is 12.3. The van der Waals surface area contributed by atoms with Crippen LogP contribution >= 0.6 is 22.9 Å². The quantitative estimate of drug-likeness (QED) is 0.838. The van der Waals surface area contributed by atoms with Crippen molar-refractivity contribution >= 4 is 34.8 Å². The Hall–Kier alpha value is -1.85. The Morgan fingerprint density at radius 2 is 2.00 bits per heavy atom. The number of thiophene rings is 1. The molecule has 2 atom stereocenters. The van der Waals surface area contributed by atoms with E-state index < -0.39 is 6.04 Å². The molecule has 1 aliphatic rings. The smallest absolute Gasteiger partial charge is 0.264 e. The first kappa shape index (κ1) is 18.9. The van der Waals surface area contributed by atoms with Crippen molar-refractivity contribution < 1.29 is 9.59 Å². The van der Waals surface area contributed by atoms with Crippen LogP contribution in [0.5, 0.6) is 0 Å². The lowest BCUT2D eigenvalue weighted by Crippen LogP contribution is -2.60. The van der Waals surface area contributed by atoms with Crippen molar-refractivity contribution in [2.45, 2.75) is 39.3 Å². The van der Waals surface area contributed by atoms with Gasteiger partial charge in [0, 0.05) is 17.6 Å². The van der Waals surface area contributed by atoms with Crippen molar-refractivity contribution in [3.63, 3.8) is 0 Å². The summed E-state index contributed by atoms with van der Waals surface area (Å²) in [5, 5.41) is 5.68. The molecule has 6 heteroatoms. The number of halogens is 1. The average Bonchev–Trinajstić information content (AvgIpc) is 3.07.